The molecule has 33 heavy (non-hydrogen) atoms. The van der Waals surface area contributed by atoms with Crippen LogP contribution in [0.5, 0.6) is 0 Å². The van der Waals surface area contributed by atoms with Crippen molar-refractivity contribution in [2.75, 3.05) is 32.1 Å². The Morgan fingerprint density at radius 1 is 0.879 bits per heavy atom. The first-order valence-corrected chi connectivity index (χ1v) is 11.3. The summed E-state index contributed by atoms with van der Waals surface area (Å²) in [5.74, 6) is -0.269. The number of hydrazine groups is 1. The Hall–Kier alpha value is -3.48. The Kier molecular flexibility index (Phi) is 5.94. The number of likely N-dealkylation sites (N-methyl/N-ethyl adjacent to an activating group) is 1. The van der Waals surface area contributed by atoms with E-state index in [0.717, 1.165) is 42.1 Å². The summed E-state index contributed by atoms with van der Waals surface area (Å²) in [5.41, 5.74) is 8.73. The van der Waals surface area contributed by atoms with Crippen LogP contribution in [-0.2, 0) is 0 Å². The van der Waals surface area contributed by atoms with E-state index >= 15 is 0 Å². The summed E-state index contributed by atoms with van der Waals surface area (Å²) >= 11 is 0. The molecule has 1 aliphatic heterocycles. The number of benzene rings is 3. The van der Waals surface area contributed by atoms with Crippen LogP contribution < -0.4 is 5.43 Å². The molecule has 6 heteroatoms. The molecule has 168 valence electrons. The normalized spacial score (nSPS) is 17.2. The highest BCUT2D eigenvalue weighted by atomic mass is 19.1. The van der Waals surface area contributed by atoms with Gasteiger partial charge in [-0.3, -0.25) is 0 Å². The first-order valence-electron chi connectivity index (χ1n) is 11.3. The summed E-state index contributed by atoms with van der Waals surface area (Å²) in [4.78, 5) is 2.32. The Bertz CT molecular complexity index is 1220. The molecule has 0 spiro atoms. The van der Waals surface area contributed by atoms with Crippen molar-refractivity contribution in [1.29, 1.82) is 0 Å². The lowest BCUT2D eigenvalue weighted by atomic mass is 10.1. The van der Waals surface area contributed by atoms with Crippen molar-refractivity contribution in [2.45, 2.75) is 13.0 Å². The van der Waals surface area contributed by atoms with Gasteiger partial charge in [0.05, 0.1) is 17.6 Å². The van der Waals surface area contributed by atoms with Gasteiger partial charge in [0.25, 0.3) is 0 Å². The van der Waals surface area contributed by atoms with Crippen LogP contribution in [-0.4, -0.2) is 52.4 Å². The van der Waals surface area contributed by atoms with E-state index in [9.17, 15) is 4.39 Å². The number of nitrogens with zero attached hydrogens (tertiary/aromatic N) is 4. The third-order valence-electron chi connectivity index (χ3n) is 6.21. The topological polar surface area (TPSA) is 36.3 Å². The summed E-state index contributed by atoms with van der Waals surface area (Å²) < 4.78 is 16.7. The Morgan fingerprint density at radius 2 is 1.58 bits per heavy atom. The quantitative estimate of drug-likeness (QED) is 0.455. The van der Waals surface area contributed by atoms with Crippen LogP contribution in [0.1, 0.15) is 6.92 Å². The maximum atomic E-state index is 14.9. The number of halogens is 1. The van der Waals surface area contributed by atoms with Crippen LogP contribution in [0, 0.1) is 5.82 Å². The summed E-state index contributed by atoms with van der Waals surface area (Å²) in [7, 11) is 2.13. The van der Waals surface area contributed by atoms with Crippen molar-refractivity contribution < 1.29 is 4.39 Å². The lowest BCUT2D eigenvalue weighted by molar-refractivity contribution is 0.124. The number of anilines is 1. The van der Waals surface area contributed by atoms with E-state index in [-0.39, 0.29) is 5.82 Å². The highest BCUT2D eigenvalue weighted by molar-refractivity contribution is 5.76. The van der Waals surface area contributed by atoms with Gasteiger partial charge in [-0.15, -0.1) is 0 Å². The van der Waals surface area contributed by atoms with Crippen LogP contribution in [0.15, 0.2) is 85.1 Å². The zero-order valence-electron chi connectivity index (χ0n) is 18.9. The van der Waals surface area contributed by atoms with Crippen molar-refractivity contribution in [3.8, 4) is 28.1 Å². The van der Waals surface area contributed by atoms with Gasteiger partial charge >= 0.3 is 0 Å². The monoisotopic (exact) mass is 441 g/mol. The fourth-order valence-electron chi connectivity index (χ4n) is 4.42. The van der Waals surface area contributed by atoms with E-state index in [1.807, 2.05) is 41.1 Å². The third kappa shape index (κ3) is 4.40. The first kappa shape index (κ1) is 21.4. The van der Waals surface area contributed by atoms with Gasteiger partial charge in [0.2, 0.25) is 0 Å². The SMILES string of the molecule is CC1CN(C)CCN1Nc1cnn(-c2ccc(-c3ccccc3)cc2)c1-c1ccccc1F. The Balaban J connectivity index is 1.53. The standard InChI is InChI=1S/C27H28FN5/c1-20-19-31(2)16-17-32(20)30-26-18-29-33(27(26)24-10-6-7-11-25(24)28)23-14-12-22(13-15-23)21-8-4-3-5-9-21/h3-15,18,20,30H,16-17,19H2,1-2H3. The molecule has 1 saturated heterocycles. The smallest absolute Gasteiger partial charge is 0.132 e. The van der Waals surface area contributed by atoms with Crippen molar-refractivity contribution in [1.82, 2.24) is 19.7 Å². The third-order valence-corrected chi connectivity index (χ3v) is 6.21. The molecule has 0 saturated carbocycles. The molecule has 1 fully saturated rings. The number of nitrogens with one attached hydrogen (secondary N) is 1. The molecule has 1 atom stereocenters. The maximum Gasteiger partial charge on any atom is 0.132 e. The largest absolute Gasteiger partial charge is 0.315 e. The predicted molar refractivity (Wildman–Crippen MR) is 132 cm³/mol. The van der Waals surface area contributed by atoms with Gasteiger partial charge in [-0.25, -0.2) is 14.1 Å². The molecule has 1 unspecified atom stereocenters. The van der Waals surface area contributed by atoms with Crippen molar-refractivity contribution in [2.24, 2.45) is 0 Å². The van der Waals surface area contributed by atoms with Crippen molar-refractivity contribution >= 4 is 5.69 Å². The minimum atomic E-state index is -0.269. The lowest BCUT2D eigenvalue weighted by Crippen LogP contribution is -2.52. The van der Waals surface area contributed by atoms with Gasteiger partial charge in [-0.1, -0.05) is 54.6 Å². The average Bonchev–Trinajstić information content (AvgIpc) is 3.25. The fraction of sp³-hybridized carbons (Fsp3) is 0.222. The van der Waals surface area contributed by atoms with E-state index in [0.29, 0.717) is 17.3 Å². The van der Waals surface area contributed by atoms with E-state index < -0.39 is 0 Å². The summed E-state index contributed by atoms with van der Waals surface area (Å²) in [6, 6.07) is 25.7. The second-order valence-corrected chi connectivity index (χ2v) is 8.63. The summed E-state index contributed by atoms with van der Waals surface area (Å²) in [6.07, 6.45) is 1.79. The molecule has 1 aromatic heterocycles. The molecule has 0 aliphatic carbocycles. The lowest BCUT2D eigenvalue weighted by Gasteiger charge is -2.38. The number of hydrogen-bond donors (Lipinski definition) is 1. The fourth-order valence-corrected chi connectivity index (χ4v) is 4.42. The van der Waals surface area contributed by atoms with Crippen LogP contribution in [0.2, 0.25) is 0 Å². The molecule has 0 bridgehead atoms. The zero-order chi connectivity index (χ0) is 22.8. The zero-order valence-corrected chi connectivity index (χ0v) is 18.9. The van der Waals surface area contributed by atoms with Crippen LogP contribution in [0.4, 0.5) is 10.1 Å². The van der Waals surface area contributed by atoms with E-state index in [1.165, 1.54) is 6.07 Å². The molecule has 1 aliphatic rings. The number of aromatic nitrogens is 2. The number of hydrogen-bond acceptors (Lipinski definition) is 4. The van der Waals surface area contributed by atoms with Crippen molar-refractivity contribution in [3.05, 3.63) is 90.9 Å². The molecular formula is C27H28FN5. The second-order valence-electron chi connectivity index (χ2n) is 8.63. The maximum absolute atomic E-state index is 14.9. The molecule has 3 aromatic carbocycles. The van der Waals surface area contributed by atoms with Gasteiger partial charge in [-0.05, 0) is 49.4 Å². The second kappa shape index (κ2) is 9.17. The predicted octanol–water partition coefficient (Wildman–Crippen LogP) is 5.31. The summed E-state index contributed by atoms with van der Waals surface area (Å²) in [5, 5.41) is 6.87. The van der Waals surface area contributed by atoms with E-state index in [1.54, 1.807) is 18.3 Å². The summed E-state index contributed by atoms with van der Waals surface area (Å²) in [6.45, 7) is 5.02. The van der Waals surface area contributed by atoms with Crippen molar-refractivity contribution in [3.63, 3.8) is 0 Å². The highest BCUT2D eigenvalue weighted by Gasteiger charge is 2.24. The minimum absolute atomic E-state index is 0.269. The number of rotatable bonds is 5. The Labute approximate surface area is 194 Å². The molecule has 5 nitrogen and oxygen atoms in total. The Morgan fingerprint density at radius 3 is 2.30 bits per heavy atom. The van der Waals surface area contributed by atoms with Gasteiger partial charge in [-0.2, -0.15) is 5.10 Å². The molecule has 0 radical (unpaired) electrons. The molecule has 2 heterocycles. The highest BCUT2D eigenvalue weighted by Crippen LogP contribution is 2.33. The average molecular weight is 442 g/mol. The van der Waals surface area contributed by atoms with E-state index in [4.69, 9.17) is 0 Å². The van der Waals surface area contributed by atoms with E-state index in [2.05, 4.69) is 58.7 Å². The van der Waals surface area contributed by atoms with Crippen LogP contribution >= 0.6 is 0 Å². The van der Waals surface area contributed by atoms with Crippen LogP contribution in [0.25, 0.3) is 28.1 Å². The molecular weight excluding hydrogens is 413 g/mol. The molecule has 5 rings (SSSR count). The molecule has 1 N–H and O–H groups in total. The molecule has 4 aromatic rings. The van der Waals surface area contributed by atoms with Gasteiger partial charge in [0.15, 0.2) is 0 Å². The van der Waals surface area contributed by atoms with Crippen LogP contribution in [0.3, 0.4) is 0 Å². The number of piperazine rings is 1. The van der Waals surface area contributed by atoms with Gasteiger partial charge < -0.3 is 10.3 Å². The van der Waals surface area contributed by atoms with Gasteiger partial charge in [0, 0.05) is 31.2 Å². The van der Waals surface area contributed by atoms with Gasteiger partial charge in [0.1, 0.15) is 11.5 Å². The first-order chi connectivity index (χ1) is 16.1. The molecule has 0 amide bonds. The minimum Gasteiger partial charge on any atom is -0.315 e.